The second kappa shape index (κ2) is 8.65. The van der Waals surface area contributed by atoms with Crippen LogP contribution in [0.15, 0.2) is 58.0 Å². The number of fused-ring (bicyclic) bond motifs is 1. The highest BCUT2D eigenvalue weighted by atomic mass is 16.5. The highest BCUT2D eigenvalue weighted by Gasteiger charge is 2.43. The predicted molar refractivity (Wildman–Crippen MR) is 121 cm³/mol. The van der Waals surface area contributed by atoms with Gasteiger partial charge in [-0.1, -0.05) is 17.3 Å². The second-order valence-corrected chi connectivity index (χ2v) is 8.21. The molecule has 1 aliphatic rings. The topological polar surface area (TPSA) is 139 Å². The summed E-state index contributed by atoms with van der Waals surface area (Å²) in [5.74, 6) is 1.28. The van der Waals surface area contributed by atoms with Crippen LogP contribution in [0.1, 0.15) is 36.7 Å². The Morgan fingerprint density at radius 2 is 2.00 bits per heavy atom. The molecule has 9 heteroatoms. The Balaban J connectivity index is 1.71. The lowest BCUT2D eigenvalue weighted by atomic mass is 9.86. The van der Waals surface area contributed by atoms with Crippen LogP contribution in [0.4, 0.5) is 5.69 Å². The number of aliphatic hydroxyl groups is 1. The molecule has 0 amide bonds. The smallest absolute Gasteiger partial charge is 0.209 e. The summed E-state index contributed by atoms with van der Waals surface area (Å²) in [7, 11) is 0. The van der Waals surface area contributed by atoms with Gasteiger partial charge in [0, 0.05) is 22.9 Å². The number of nitriles is 2. The van der Waals surface area contributed by atoms with Crippen LogP contribution in [0.2, 0.25) is 0 Å². The third-order valence-electron chi connectivity index (χ3n) is 5.32. The number of aryl methyl sites for hydroxylation is 1. The quantitative estimate of drug-likeness (QED) is 0.242. The van der Waals surface area contributed by atoms with Gasteiger partial charge in [-0.3, -0.25) is 5.32 Å². The zero-order valence-corrected chi connectivity index (χ0v) is 18.3. The number of guanidine groups is 1. The van der Waals surface area contributed by atoms with Gasteiger partial charge in [0.1, 0.15) is 23.5 Å². The van der Waals surface area contributed by atoms with Crippen molar-refractivity contribution in [2.75, 3.05) is 5.32 Å². The number of aromatic nitrogens is 1. The molecule has 166 valence electrons. The average Bonchev–Trinajstić information content (AvgIpc) is 3.23. The SMILES string of the molecule is Cc1cc(-c2cccc(NC(=NC3c4cc(C#N)ccc4OC(C)(C)C3O)NC#N)c2)on1. The maximum absolute atomic E-state index is 11.0. The van der Waals surface area contributed by atoms with Gasteiger partial charge in [0.2, 0.25) is 5.96 Å². The molecular formula is C24H22N6O3. The third-order valence-corrected chi connectivity index (χ3v) is 5.32. The summed E-state index contributed by atoms with van der Waals surface area (Å²) in [6, 6.07) is 15.5. The number of ether oxygens (including phenoxy) is 1. The van der Waals surface area contributed by atoms with Gasteiger partial charge in [0.15, 0.2) is 12.0 Å². The molecule has 1 aromatic heterocycles. The number of aliphatic imine (C=N–C) groups is 1. The molecule has 0 bridgehead atoms. The van der Waals surface area contributed by atoms with E-state index in [1.54, 1.807) is 32.0 Å². The summed E-state index contributed by atoms with van der Waals surface area (Å²) in [5, 5.41) is 39.2. The minimum atomic E-state index is -1.03. The van der Waals surface area contributed by atoms with Crippen molar-refractivity contribution in [3.63, 3.8) is 0 Å². The third kappa shape index (κ3) is 4.49. The van der Waals surface area contributed by atoms with E-state index in [-0.39, 0.29) is 5.96 Å². The number of rotatable bonds is 3. The van der Waals surface area contributed by atoms with Crippen LogP contribution in [0.5, 0.6) is 5.75 Å². The van der Waals surface area contributed by atoms with Crippen LogP contribution in [0.3, 0.4) is 0 Å². The van der Waals surface area contributed by atoms with Crippen molar-refractivity contribution in [1.29, 1.82) is 10.5 Å². The zero-order chi connectivity index (χ0) is 23.6. The molecule has 2 heterocycles. The van der Waals surface area contributed by atoms with Gasteiger partial charge in [-0.25, -0.2) is 4.99 Å². The number of hydrogen-bond acceptors (Lipinski definition) is 7. The van der Waals surface area contributed by atoms with Gasteiger partial charge >= 0.3 is 0 Å². The first-order valence-corrected chi connectivity index (χ1v) is 10.3. The van der Waals surface area contributed by atoms with E-state index in [4.69, 9.17) is 9.26 Å². The molecule has 2 atom stereocenters. The first-order chi connectivity index (χ1) is 15.8. The Kier molecular flexibility index (Phi) is 5.74. The zero-order valence-electron chi connectivity index (χ0n) is 18.3. The van der Waals surface area contributed by atoms with Gasteiger partial charge in [0.25, 0.3) is 0 Å². The molecule has 9 nitrogen and oxygen atoms in total. The fourth-order valence-electron chi connectivity index (χ4n) is 3.65. The molecule has 2 unspecified atom stereocenters. The lowest BCUT2D eigenvalue weighted by Gasteiger charge is -2.40. The first kappa shape index (κ1) is 21.9. The normalized spacial score (nSPS) is 18.9. The summed E-state index contributed by atoms with van der Waals surface area (Å²) in [6.45, 7) is 5.36. The second-order valence-electron chi connectivity index (χ2n) is 8.21. The Hall–Kier alpha value is -4.34. The summed E-state index contributed by atoms with van der Waals surface area (Å²) < 4.78 is 11.3. The van der Waals surface area contributed by atoms with E-state index in [0.29, 0.717) is 28.3 Å². The minimum absolute atomic E-state index is 0.137. The number of nitrogens with zero attached hydrogens (tertiary/aromatic N) is 4. The summed E-state index contributed by atoms with van der Waals surface area (Å²) in [6.07, 6.45) is 0.844. The molecule has 1 aliphatic heterocycles. The standard InChI is InChI=1S/C24H22N6O3/c1-14-9-20(33-30-14)16-5-4-6-17(11-16)28-23(27-13-26)29-21-18-10-15(12-25)7-8-19(18)32-24(2,3)22(21)31/h4-11,21-22,31H,1-3H3,(H2,27,28,29). The van der Waals surface area contributed by atoms with Crippen LogP contribution >= 0.6 is 0 Å². The van der Waals surface area contributed by atoms with Crippen LogP contribution in [-0.2, 0) is 0 Å². The highest BCUT2D eigenvalue weighted by Crippen LogP contribution is 2.42. The van der Waals surface area contributed by atoms with E-state index in [2.05, 4.69) is 26.9 Å². The van der Waals surface area contributed by atoms with Crippen LogP contribution in [-0.4, -0.2) is 27.9 Å². The molecule has 2 aromatic carbocycles. The summed E-state index contributed by atoms with van der Waals surface area (Å²) in [4.78, 5) is 4.62. The number of nitrogens with one attached hydrogen (secondary N) is 2. The Morgan fingerprint density at radius 1 is 1.18 bits per heavy atom. The molecule has 0 radical (unpaired) electrons. The van der Waals surface area contributed by atoms with Gasteiger partial charge in [-0.05, 0) is 51.1 Å². The monoisotopic (exact) mass is 442 g/mol. The van der Waals surface area contributed by atoms with E-state index in [1.165, 1.54) is 0 Å². The Labute approximate surface area is 190 Å². The lowest BCUT2D eigenvalue weighted by Crippen LogP contribution is -2.49. The fraction of sp³-hybridized carbons (Fsp3) is 0.250. The molecule has 0 saturated carbocycles. The van der Waals surface area contributed by atoms with Crippen molar-refractivity contribution in [2.24, 2.45) is 4.99 Å². The molecule has 0 aliphatic carbocycles. The molecular weight excluding hydrogens is 420 g/mol. The summed E-state index contributed by atoms with van der Waals surface area (Å²) >= 11 is 0. The molecule has 3 N–H and O–H groups in total. The van der Waals surface area contributed by atoms with Crippen molar-refractivity contribution < 1.29 is 14.4 Å². The van der Waals surface area contributed by atoms with E-state index >= 15 is 0 Å². The number of anilines is 1. The predicted octanol–water partition coefficient (Wildman–Crippen LogP) is 3.63. The van der Waals surface area contributed by atoms with Crippen molar-refractivity contribution in [1.82, 2.24) is 10.5 Å². The van der Waals surface area contributed by atoms with E-state index in [1.807, 2.05) is 43.4 Å². The Bertz CT molecular complexity index is 1300. The number of aliphatic hydroxyl groups excluding tert-OH is 1. The van der Waals surface area contributed by atoms with Gasteiger partial charge in [-0.15, -0.1) is 0 Å². The van der Waals surface area contributed by atoms with Crippen molar-refractivity contribution >= 4 is 11.6 Å². The van der Waals surface area contributed by atoms with Crippen molar-refractivity contribution in [3.8, 4) is 29.3 Å². The molecule has 0 fully saturated rings. The van der Waals surface area contributed by atoms with Gasteiger partial charge in [0.05, 0.1) is 17.3 Å². The molecule has 0 saturated heterocycles. The Morgan fingerprint density at radius 3 is 2.70 bits per heavy atom. The molecule has 4 rings (SSSR count). The van der Waals surface area contributed by atoms with Gasteiger partial charge < -0.3 is 19.7 Å². The fourth-order valence-corrected chi connectivity index (χ4v) is 3.65. The number of hydrogen-bond donors (Lipinski definition) is 3. The lowest BCUT2D eigenvalue weighted by molar-refractivity contribution is -0.0567. The van der Waals surface area contributed by atoms with E-state index in [0.717, 1.165) is 11.3 Å². The molecule has 33 heavy (non-hydrogen) atoms. The van der Waals surface area contributed by atoms with Gasteiger partial charge in [-0.2, -0.15) is 10.5 Å². The van der Waals surface area contributed by atoms with E-state index in [9.17, 15) is 15.6 Å². The van der Waals surface area contributed by atoms with Crippen molar-refractivity contribution in [2.45, 2.75) is 38.5 Å². The highest BCUT2D eigenvalue weighted by molar-refractivity contribution is 5.95. The summed E-state index contributed by atoms with van der Waals surface area (Å²) in [5.41, 5.74) is 2.26. The maximum atomic E-state index is 11.0. The van der Waals surface area contributed by atoms with Crippen LogP contribution < -0.4 is 15.4 Å². The molecule has 3 aromatic rings. The maximum Gasteiger partial charge on any atom is 0.209 e. The minimum Gasteiger partial charge on any atom is -0.485 e. The number of benzene rings is 2. The first-order valence-electron chi connectivity index (χ1n) is 10.3. The largest absolute Gasteiger partial charge is 0.485 e. The molecule has 0 spiro atoms. The van der Waals surface area contributed by atoms with Crippen molar-refractivity contribution in [3.05, 3.63) is 65.4 Å². The van der Waals surface area contributed by atoms with Crippen LogP contribution in [0, 0.1) is 29.7 Å². The van der Waals surface area contributed by atoms with E-state index < -0.39 is 17.7 Å². The van der Waals surface area contributed by atoms with Crippen LogP contribution in [0.25, 0.3) is 11.3 Å². The average molecular weight is 442 g/mol.